The molecule has 10 heavy (non-hydrogen) atoms. The summed E-state index contributed by atoms with van der Waals surface area (Å²) in [7, 11) is 0. The minimum atomic E-state index is 1.32. The maximum absolute atomic E-state index is 2.59. The van der Waals surface area contributed by atoms with Crippen LogP contribution in [0.25, 0.3) is 0 Å². The summed E-state index contributed by atoms with van der Waals surface area (Å²) in [5.74, 6) is 0. The van der Waals surface area contributed by atoms with E-state index in [0.29, 0.717) is 0 Å². The van der Waals surface area contributed by atoms with Crippen molar-refractivity contribution in [1.29, 1.82) is 0 Å². The lowest BCUT2D eigenvalue weighted by Crippen LogP contribution is -2.48. The zero-order chi connectivity index (χ0) is 6.81. The number of fused-ring (bicyclic) bond motifs is 5. The minimum absolute atomic E-state index is 1.32. The van der Waals surface area contributed by atoms with Crippen LogP contribution in [0.1, 0.15) is 12.8 Å². The SMILES string of the molecule is C1CCN2CCN(C1)CC2. The molecule has 0 unspecified atom stereocenters. The molecule has 3 aliphatic rings. The summed E-state index contributed by atoms with van der Waals surface area (Å²) in [6.07, 6.45) is 2.83. The average Bonchev–Trinajstić information content (AvgIpc) is 1.89. The fraction of sp³-hybridized carbons (Fsp3) is 1.00. The fourth-order valence-electron chi connectivity index (χ4n) is 1.91. The van der Waals surface area contributed by atoms with E-state index in [-0.39, 0.29) is 0 Å². The van der Waals surface area contributed by atoms with Gasteiger partial charge in [-0.1, -0.05) is 0 Å². The number of hydrogen-bond donors (Lipinski definition) is 0. The van der Waals surface area contributed by atoms with Gasteiger partial charge in [-0.05, 0) is 25.9 Å². The average molecular weight is 140 g/mol. The zero-order valence-corrected chi connectivity index (χ0v) is 6.55. The van der Waals surface area contributed by atoms with Crippen LogP contribution < -0.4 is 0 Å². The smallest absolute Gasteiger partial charge is 0.0110 e. The summed E-state index contributed by atoms with van der Waals surface area (Å²) in [4.78, 5) is 5.19. The Morgan fingerprint density at radius 2 is 0.900 bits per heavy atom. The van der Waals surface area contributed by atoms with Crippen LogP contribution in [0.2, 0.25) is 0 Å². The van der Waals surface area contributed by atoms with Gasteiger partial charge in [0.15, 0.2) is 0 Å². The van der Waals surface area contributed by atoms with E-state index in [1.54, 1.807) is 0 Å². The maximum Gasteiger partial charge on any atom is 0.0110 e. The van der Waals surface area contributed by atoms with E-state index in [4.69, 9.17) is 0 Å². The number of piperazine rings is 1. The Bertz CT molecular complexity index is 86.3. The minimum Gasteiger partial charge on any atom is -0.301 e. The second-order valence-electron chi connectivity index (χ2n) is 3.39. The van der Waals surface area contributed by atoms with Crippen molar-refractivity contribution in [3.05, 3.63) is 0 Å². The molecule has 0 saturated carbocycles. The van der Waals surface area contributed by atoms with E-state index in [0.717, 1.165) is 0 Å². The van der Waals surface area contributed by atoms with E-state index in [1.165, 1.54) is 52.1 Å². The highest BCUT2D eigenvalue weighted by atomic mass is 15.3. The summed E-state index contributed by atoms with van der Waals surface area (Å²) in [6.45, 7) is 7.99. The monoisotopic (exact) mass is 140 g/mol. The van der Waals surface area contributed by atoms with Gasteiger partial charge in [0.25, 0.3) is 0 Å². The van der Waals surface area contributed by atoms with Crippen LogP contribution in [-0.2, 0) is 0 Å². The Hall–Kier alpha value is -0.0800. The second kappa shape index (κ2) is 2.89. The Morgan fingerprint density at radius 1 is 0.500 bits per heavy atom. The van der Waals surface area contributed by atoms with E-state index in [1.807, 2.05) is 0 Å². The molecule has 0 aromatic carbocycles. The van der Waals surface area contributed by atoms with Crippen molar-refractivity contribution in [2.24, 2.45) is 0 Å². The van der Waals surface area contributed by atoms with Gasteiger partial charge in [0.05, 0.1) is 0 Å². The number of hydrogen-bond acceptors (Lipinski definition) is 2. The molecule has 58 valence electrons. The van der Waals surface area contributed by atoms with Gasteiger partial charge in [-0.3, -0.25) is 0 Å². The van der Waals surface area contributed by atoms with Gasteiger partial charge in [0, 0.05) is 26.2 Å². The molecule has 3 aliphatic heterocycles. The molecule has 2 bridgehead atoms. The first kappa shape index (κ1) is 6.62. The predicted octanol–water partition coefficient (Wildman–Crippen LogP) is 0.398. The molecule has 0 atom stereocenters. The molecule has 2 nitrogen and oxygen atoms in total. The van der Waals surface area contributed by atoms with Crippen LogP contribution in [0, 0.1) is 0 Å². The van der Waals surface area contributed by atoms with Gasteiger partial charge < -0.3 is 9.80 Å². The normalized spacial score (nSPS) is 40.8. The van der Waals surface area contributed by atoms with Crippen molar-refractivity contribution in [1.82, 2.24) is 9.80 Å². The van der Waals surface area contributed by atoms with Crippen molar-refractivity contribution in [2.45, 2.75) is 12.8 Å². The Balaban J connectivity index is 1.94. The van der Waals surface area contributed by atoms with Crippen LogP contribution in [0.4, 0.5) is 0 Å². The highest BCUT2D eigenvalue weighted by molar-refractivity contribution is 4.74. The van der Waals surface area contributed by atoms with Crippen molar-refractivity contribution in [3.63, 3.8) is 0 Å². The predicted molar refractivity (Wildman–Crippen MR) is 42.1 cm³/mol. The molecule has 0 spiro atoms. The molecule has 2 heteroatoms. The van der Waals surface area contributed by atoms with Crippen molar-refractivity contribution in [2.75, 3.05) is 39.3 Å². The molecule has 0 amide bonds. The second-order valence-corrected chi connectivity index (χ2v) is 3.39. The van der Waals surface area contributed by atoms with Gasteiger partial charge >= 0.3 is 0 Å². The van der Waals surface area contributed by atoms with E-state index in [2.05, 4.69) is 9.80 Å². The zero-order valence-electron chi connectivity index (χ0n) is 6.55. The first-order valence-electron chi connectivity index (χ1n) is 4.40. The summed E-state index contributed by atoms with van der Waals surface area (Å²) >= 11 is 0. The molecule has 0 aromatic heterocycles. The van der Waals surface area contributed by atoms with Crippen LogP contribution in [0.3, 0.4) is 0 Å². The van der Waals surface area contributed by atoms with Gasteiger partial charge in [-0.15, -0.1) is 0 Å². The third-order valence-corrected chi connectivity index (χ3v) is 2.66. The molecule has 0 radical (unpaired) electrons. The summed E-state index contributed by atoms with van der Waals surface area (Å²) in [5, 5.41) is 0. The molecule has 3 saturated heterocycles. The molecular weight excluding hydrogens is 124 g/mol. The lowest BCUT2D eigenvalue weighted by atomic mass is 10.2. The van der Waals surface area contributed by atoms with Crippen LogP contribution in [0.5, 0.6) is 0 Å². The summed E-state index contributed by atoms with van der Waals surface area (Å²) < 4.78 is 0. The molecule has 3 fully saturated rings. The highest BCUT2D eigenvalue weighted by Crippen LogP contribution is 2.08. The van der Waals surface area contributed by atoms with Gasteiger partial charge in [-0.25, -0.2) is 0 Å². The summed E-state index contributed by atoms with van der Waals surface area (Å²) in [6, 6.07) is 0. The van der Waals surface area contributed by atoms with Gasteiger partial charge in [0.1, 0.15) is 0 Å². The Kier molecular flexibility index (Phi) is 1.91. The lowest BCUT2D eigenvalue weighted by molar-refractivity contribution is 0.108. The van der Waals surface area contributed by atoms with E-state index < -0.39 is 0 Å². The van der Waals surface area contributed by atoms with Crippen LogP contribution in [-0.4, -0.2) is 49.1 Å². The first-order valence-corrected chi connectivity index (χ1v) is 4.40. The standard InChI is InChI=1S/C8H16N2/c1-2-4-10-7-5-9(3-1)6-8-10/h1-8H2. The summed E-state index contributed by atoms with van der Waals surface area (Å²) in [5.41, 5.74) is 0. The van der Waals surface area contributed by atoms with Crippen LogP contribution in [0.15, 0.2) is 0 Å². The molecule has 0 aliphatic carbocycles. The van der Waals surface area contributed by atoms with E-state index >= 15 is 0 Å². The third-order valence-electron chi connectivity index (χ3n) is 2.66. The topological polar surface area (TPSA) is 6.48 Å². The lowest BCUT2D eigenvalue weighted by Gasteiger charge is -2.37. The Labute approximate surface area is 62.8 Å². The molecule has 3 heterocycles. The molecule has 0 N–H and O–H groups in total. The number of nitrogens with zero attached hydrogens (tertiary/aromatic N) is 2. The van der Waals surface area contributed by atoms with Crippen molar-refractivity contribution in [3.8, 4) is 0 Å². The largest absolute Gasteiger partial charge is 0.301 e. The molecule has 0 aromatic rings. The maximum atomic E-state index is 2.59. The van der Waals surface area contributed by atoms with Crippen molar-refractivity contribution < 1.29 is 0 Å². The number of rotatable bonds is 0. The highest BCUT2D eigenvalue weighted by Gasteiger charge is 2.18. The van der Waals surface area contributed by atoms with Gasteiger partial charge in [-0.2, -0.15) is 0 Å². The third kappa shape index (κ3) is 1.32. The van der Waals surface area contributed by atoms with Crippen LogP contribution >= 0.6 is 0 Å². The molecule has 3 rings (SSSR count). The quantitative estimate of drug-likeness (QED) is 0.480. The van der Waals surface area contributed by atoms with Gasteiger partial charge in [0.2, 0.25) is 0 Å². The Morgan fingerprint density at radius 3 is 1.30 bits per heavy atom. The van der Waals surface area contributed by atoms with E-state index in [9.17, 15) is 0 Å². The van der Waals surface area contributed by atoms with Crippen molar-refractivity contribution >= 4 is 0 Å². The molecular formula is C8H16N2. The fourth-order valence-corrected chi connectivity index (χ4v) is 1.91. The first-order chi connectivity index (χ1) is 4.95.